The molecule has 1 amide bonds. The van der Waals surface area contributed by atoms with Gasteiger partial charge in [0.1, 0.15) is 0 Å². The van der Waals surface area contributed by atoms with Crippen LogP contribution >= 0.6 is 11.6 Å². The number of hydrogen-bond acceptors (Lipinski definition) is 5. The second kappa shape index (κ2) is 8.67. The first kappa shape index (κ1) is 20.1. The molecule has 1 aromatic heterocycles. The Morgan fingerprint density at radius 1 is 1.14 bits per heavy atom. The van der Waals surface area contributed by atoms with Crippen molar-refractivity contribution in [3.63, 3.8) is 0 Å². The van der Waals surface area contributed by atoms with Crippen molar-refractivity contribution in [2.75, 3.05) is 31.9 Å². The molecule has 1 atom stereocenters. The molecular weight excluding hydrogens is 386 g/mol. The molecule has 2 N–H and O–H groups in total. The Balaban J connectivity index is 1.53. The van der Waals surface area contributed by atoms with E-state index in [0.29, 0.717) is 22.9 Å². The fraction of sp³-hybridized carbons (Fsp3) is 0.500. The van der Waals surface area contributed by atoms with Gasteiger partial charge in [0.15, 0.2) is 0 Å². The number of halogens is 1. The van der Waals surface area contributed by atoms with Gasteiger partial charge in [0.25, 0.3) is 0 Å². The zero-order chi connectivity index (χ0) is 20.4. The van der Waals surface area contributed by atoms with E-state index in [1.165, 1.54) is 0 Å². The van der Waals surface area contributed by atoms with E-state index < -0.39 is 0 Å². The molecule has 0 spiro atoms. The number of nitrogen functional groups attached to an aromatic ring is 1. The zero-order valence-corrected chi connectivity index (χ0v) is 17.6. The summed E-state index contributed by atoms with van der Waals surface area (Å²) in [7, 11) is 0. The number of carbonyl (C=O) groups excluding carboxylic acids is 1. The number of nitrogens with zero attached hydrogens (tertiary/aromatic N) is 4. The summed E-state index contributed by atoms with van der Waals surface area (Å²) in [6.07, 6.45) is 6.16. The van der Waals surface area contributed by atoms with E-state index in [1.54, 1.807) is 6.92 Å². The highest BCUT2D eigenvalue weighted by atomic mass is 35.5. The largest absolute Gasteiger partial charge is 0.368 e. The SMILES string of the molecule is CC(=O)N1CCC(N2CCC[C@@H](c3nc(N)ncc3-c3ccc(Cl)cc3)C2)CC1. The van der Waals surface area contributed by atoms with Crippen LogP contribution in [0.4, 0.5) is 5.95 Å². The van der Waals surface area contributed by atoms with Gasteiger partial charge in [-0.3, -0.25) is 9.69 Å². The van der Waals surface area contributed by atoms with Crippen LogP contribution in [0, 0.1) is 0 Å². The smallest absolute Gasteiger partial charge is 0.220 e. The maximum absolute atomic E-state index is 11.6. The van der Waals surface area contributed by atoms with E-state index in [2.05, 4.69) is 14.9 Å². The van der Waals surface area contributed by atoms with Crippen LogP contribution in [0.15, 0.2) is 30.5 Å². The third kappa shape index (κ3) is 4.54. The van der Waals surface area contributed by atoms with Gasteiger partial charge in [-0.15, -0.1) is 0 Å². The number of likely N-dealkylation sites (tertiary alicyclic amines) is 2. The highest BCUT2D eigenvalue weighted by Gasteiger charge is 2.31. The van der Waals surface area contributed by atoms with Crippen molar-refractivity contribution in [1.82, 2.24) is 19.8 Å². The quantitative estimate of drug-likeness (QED) is 0.832. The first-order chi connectivity index (χ1) is 14.0. The van der Waals surface area contributed by atoms with Crippen LogP contribution in [-0.2, 0) is 4.79 Å². The number of anilines is 1. The summed E-state index contributed by atoms with van der Waals surface area (Å²) >= 11 is 6.07. The van der Waals surface area contributed by atoms with Gasteiger partial charge < -0.3 is 10.6 Å². The predicted octanol–water partition coefficient (Wildman–Crippen LogP) is 3.57. The molecule has 2 aliphatic heterocycles. The molecule has 1 aromatic carbocycles. The number of hydrogen-bond donors (Lipinski definition) is 1. The van der Waals surface area contributed by atoms with E-state index in [4.69, 9.17) is 17.3 Å². The molecule has 29 heavy (non-hydrogen) atoms. The van der Waals surface area contributed by atoms with E-state index >= 15 is 0 Å². The van der Waals surface area contributed by atoms with Crippen molar-refractivity contribution in [2.24, 2.45) is 0 Å². The lowest BCUT2D eigenvalue weighted by Crippen LogP contribution is -2.49. The maximum Gasteiger partial charge on any atom is 0.220 e. The van der Waals surface area contributed by atoms with E-state index in [-0.39, 0.29) is 5.91 Å². The van der Waals surface area contributed by atoms with Gasteiger partial charge in [0.2, 0.25) is 11.9 Å². The fourth-order valence-electron chi connectivity index (χ4n) is 4.68. The third-order valence-corrected chi connectivity index (χ3v) is 6.51. The monoisotopic (exact) mass is 413 g/mol. The molecule has 4 rings (SSSR count). The molecule has 7 heteroatoms. The molecule has 2 saturated heterocycles. The Morgan fingerprint density at radius 2 is 1.86 bits per heavy atom. The lowest BCUT2D eigenvalue weighted by molar-refractivity contribution is -0.130. The van der Waals surface area contributed by atoms with Gasteiger partial charge in [-0.1, -0.05) is 23.7 Å². The van der Waals surface area contributed by atoms with Gasteiger partial charge in [-0.05, 0) is 49.9 Å². The third-order valence-electron chi connectivity index (χ3n) is 6.26. The summed E-state index contributed by atoms with van der Waals surface area (Å²) < 4.78 is 0. The van der Waals surface area contributed by atoms with Crippen molar-refractivity contribution in [1.29, 1.82) is 0 Å². The zero-order valence-electron chi connectivity index (χ0n) is 16.9. The summed E-state index contributed by atoms with van der Waals surface area (Å²) in [5.41, 5.74) is 9.10. The Bertz CT molecular complexity index is 864. The van der Waals surface area contributed by atoms with Crippen LogP contribution in [0.5, 0.6) is 0 Å². The van der Waals surface area contributed by atoms with E-state index in [9.17, 15) is 4.79 Å². The van der Waals surface area contributed by atoms with Gasteiger partial charge in [0, 0.05) is 55.3 Å². The van der Waals surface area contributed by atoms with Gasteiger partial charge in [-0.2, -0.15) is 0 Å². The Hall–Kier alpha value is -2.18. The molecule has 0 saturated carbocycles. The number of rotatable bonds is 3. The molecule has 154 valence electrons. The van der Waals surface area contributed by atoms with Crippen LogP contribution in [0.2, 0.25) is 5.02 Å². The molecule has 2 aliphatic rings. The van der Waals surface area contributed by atoms with Crippen LogP contribution in [0.3, 0.4) is 0 Å². The second-order valence-corrected chi connectivity index (χ2v) is 8.54. The number of amides is 1. The second-order valence-electron chi connectivity index (χ2n) is 8.11. The van der Waals surface area contributed by atoms with Crippen LogP contribution in [0.1, 0.15) is 44.2 Å². The Kier molecular flexibility index (Phi) is 6.01. The minimum Gasteiger partial charge on any atom is -0.368 e. The summed E-state index contributed by atoms with van der Waals surface area (Å²) in [5.74, 6) is 0.833. The average Bonchev–Trinajstić information content (AvgIpc) is 2.74. The van der Waals surface area contributed by atoms with Crippen LogP contribution in [0.25, 0.3) is 11.1 Å². The first-order valence-corrected chi connectivity index (χ1v) is 10.8. The summed E-state index contributed by atoms with van der Waals surface area (Å²) in [4.78, 5) is 25.1. The van der Waals surface area contributed by atoms with Crippen molar-refractivity contribution in [2.45, 2.75) is 44.6 Å². The summed E-state index contributed by atoms with van der Waals surface area (Å²) in [5, 5.41) is 0.715. The molecule has 0 radical (unpaired) electrons. The number of nitrogens with two attached hydrogens (primary N) is 1. The molecule has 6 nitrogen and oxygen atoms in total. The highest BCUT2D eigenvalue weighted by Crippen LogP contribution is 2.35. The number of benzene rings is 1. The minimum atomic E-state index is 0.184. The van der Waals surface area contributed by atoms with Crippen LogP contribution in [-0.4, -0.2) is 57.9 Å². The topological polar surface area (TPSA) is 75.4 Å². The lowest BCUT2D eigenvalue weighted by Gasteiger charge is -2.42. The number of carbonyl (C=O) groups is 1. The van der Waals surface area contributed by atoms with Crippen molar-refractivity contribution in [3.05, 3.63) is 41.2 Å². The molecule has 0 unspecified atom stereocenters. The normalized spacial score (nSPS) is 21.3. The molecule has 0 bridgehead atoms. The molecule has 3 heterocycles. The van der Waals surface area contributed by atoms with Crippen molar-refractivity contribution >= 4 is 23.5 Å². The Labute approximate surface area is 177 Å². The van der Waals surface area contributed by atoms with Gasteiger partial charge >= 0.3 is 0 Å². The maximum atomic E-state index is 11.6. The lowest BCUT2D eigenvalue weighted by atomic mass is 9.88. The van der Waals surface area contributed by atoms with Crippen molar-refractivity contribution in [3.8, 4) is 11.1 Å². The standard InChI is InChI=1S/C22H28ClN5O/c1-15(29)27-11-8-19(9-12-27)28-10-2-3-17(14-28)21-20(13-25-22(24)26-21)16-4-6-18(23)7-5-16/h4-7,13,17,19H,2-3,8-12,14H2,1H3,(H2,24,25,26)/t17-/m1/s1. The Morgan fingerprint density at radius 3 is 2.55 bits per heavy atom. The first-order valence-electron chi connectivity index (χ1n) is 10.4. The van der Waals surface area contributed by atoms with Gasteiger partial charge in [0.05, 0.1) is 5.69 Å². The minimum absolute atomic E-state index is 0.184. The van der Waals surface area contributed by atoms with Crippen LogP contribution < -0.4 is 5.73 Å². The van der Waals surface area contributed by atoms with E-state index in [0.717, 1.165) is 68.7 Å². The number of piperidine rings is 2. The number of aromatic nitrogens is 2. The van der Waals surface area contributed by atoms with Crippen molar-refractivity contribution < 1.29 is 4.79 Å². The molecule has 2 aromatic rings. The summed E-state index contributed by atoms with van der Waals surface area (Å²) in [6, 6.07) is 8.35. The van der Waals surface area contributed by atoms with Gasteiger partial charge in [-0.25, -0.2) is 9.97 Å². The summed E-state index contributed by atoms with van der Waals surface area (Å²) in [6.45, 7) is 5.46. The predicted molar refractivity (Wildman–Crippen MR) is 116 cm³/mol. The molecule has 2 fully saturated rings. The van der Waals surface area contributed by atoms with E-state index in [1.807, 2.05) is 35.4 Å². The average molecular weight is 414 g/mol. The molecular formula is C22H28ClN5O. The molecule has 0 aliphatic carbocycles. The fourth-order valence-corrected chi connectivity index (χ4v) is 4.81. The highest BCUT2D eigenvalue weighted by molar-refractivity contribution is 6.30.